The van der Waals surface area contributed by atoms with Crippen molar-refractivity contribution in [3.8, 4) is 5.75 Å². The molecule has 0 unspecified atom stereocenters. The van der Waals surface area contributed by atoms with Crippen molar-refractivity contribution in [2.45, 2.75) is 18.4 Å². The summed E-state index contributed by atoms with van der Waals surface area (Å²) in [6, 6.07) is 13.4. The van der Waals surface area contributed by atoms with Crippen LogP contribution in [0.5, 0.6) is 5.75 Å². The number of nitrogens with zero attached hydrogens (tertiary/aromatic N) is 2. The van der Waals surface area contributed by atoms with Crippen molar-refractivity contribution >= 4 is 39.2 Å². The molecule has 0 radical (unpaired) electrons. The first-order valence-corrected chi connectivity index (χ1v) is 10.3. The molecule has 0 fully saturated rings. The lowest BCUT2D eigenvalue weighted by Gasteiger charge is -2.04. The van der Waals surface area contributed by atoms with Gasteiger partial charge >= 0.3 is 0 Å². The summed E-state index contributed by atoms with van der Waals surface area (Å²) >= 11 is 3.08. The number of allylic oxidation sites excluding steroid dienone is 1. The van der Waals surface area contributed by atoms with E-state index in [2.05, 4.69) is 11.6 Å². The molecule has 0 spiro atoms. The minimum atomic E-state index is -0.240. The number of carbonyl (C=O) groups is 1. The number of amides is 1. The van der Waals surface area contributed by atoms with Gasteiger partial charge in [0.1, 0.15) is 5.75 Å². The van der Waals surface area contributed by atoms with E-state index in [1.165, 1.54) is 11.3 Å². The Morgan fingerprint density at radius 2 is 2.19 bits per heavy atom. The van der Waals surface area contributed by atoms with Gasteiger partial charge in [0.25, 0.3) is 5.91 Å². The van der Waals surface area contributed by atoms with Crippen LogP contribution in [0.15, 0.2) is 65.0 Å². The van der Waals surface area contributed by atoms with Gasteiger partial charge in [-0.05, 0) is 49.6 Å². The molecule has 1 amide bonds. The summed E-state index contributed by atoms with van der Waals surface area (Å²) in [5, 5.41) is 0. The molecule has 0 aliphatic carbocycles. The monoisotopic (exact) mass is 384 g/mol. The molecule has 0 aliphatic heterocycles. The Hall–Kier alpha value is -2.31. The van der Waals surface area contributed by atoms with Crippen molar-refractivity contribution < 1.29 is 9.53 Å². The third-order valence-electron chi connectivity index (χ3n) is 3.79. The molecule has 0 aliphatic rings. The van der Waals surface area contributed by atoms with Crippen LogP contribution in [0.1, 0.15) is 17.3 Å². The zero-order valence-electron chi connectivity index (χ0n) is 14.8. The lowest BCUT2D eigenvalue weighted by Crippen LogP contribution is -2.16. The van der Waals surface area contributed by atoms with Gasteiger partial charge in [-0.3, -0.25) is 4.79 Å². The molecule has 4 nitrogen and oxygen atoms in total. The van der Waals surface area contributed by atoms with Gasteiger partial charge in [-0.15, -0.1) is 18.3 Å². The number of fused-ring (bicyclic) bond motifs is 1. The second kappa shape index (κ2) is 8.38. The summed E-state index contributed by atoms with van der Waals surface area (Å²) in [6.45, 7) is 6.98. The summed E-state index contributed by atoms with van der Waals surface area (Å²) < 4.78 is 8.61. The van der Waals surface area contributed by atoms with Crippen molar-refractivity contribution in [1.29, 1.82) is 0 Å². The normalized spacial score (nSPS) is 11.7. The number of ether oxygens (including phenoxy) is 1. The first-order chi connectivity index (χ1) is 12.7. The number of thiazole rings is 1. The van der Waals surface area contributed by atoms with Crippen molar-refractivity contribution in [3.05, 3.63) is 65.5 Å². The Balaban J connectivity index is 2.09. The summed E-state index contributed by atoms with van der Waals surface area (Å²) in [5.41, 5.74) is 1.61. The van der Waals surface area contributed by atoms with E-state index in [-0.39, 0.29) is 5.91 Å². The van der Waals surface area contributed by atoms with Crippen LogP contribution < -0.4 is 9.54 Å². The largest absolute Gasteiger partial charge is 0.494 e. The molecular weight excluding hydrogens is 364 g/mol. The van der Waals surface area contributed by atoms with Crippen molar-refractivity contribution in [2.75, 3.05) is 12.9 Å². The molecule has 3 aromatic rings. The minimum Gasteiger partial charge on any atom is -0.494 e. The number of benzene rings is 2. The molecule has 1 aromatic heterocycles. The fraction of sp³-hybridized carbons (Fsp3) is 0.200. The van der Waals surface area contributed by atoms with Crippen LogP contribution in [0, 0.1) is 0 Å². The van der Waals surface area contributed by atoms with Gasteiger partial charge in [0.2, 0.25) is 0 Å². The number of hydrogen-bond donors (Lipinski definition) is 0. The molecule has 3 rings (SSSR count). The lowest BCUT2D eigenvalue weighted by molar-refractivity contribution is 0.0997. The predicted octanol–water partition coefficient (Wildman–Crippen LogP) is 4.75. The Labute approximate surface area is 160 Å². The molecule has 0 saturated heterocycles. The van der Waals surface area contributed by atoms with Gasteiger partial charge in [-0.2, -0.15) is 4.99 Å². The van der Waals surface area contributed by atoms with Crippen molar-refractivity contribution in [1.82, 2.24) is 4.57 Å². The molecule has 134 valence electrons. The van der Waals surface area contributed by atoms with Gasteiger partial charge in [0.05, 0.1) is 16.8 Å². The van der Waals surface area contributed by atoms with Gasteiger partial charge in [-0.25, -0.2) is 0 Å². The Bertz CT molecular complexity index is 1020. The molecule has 0 N–H and O–H groups in total. The van der Waals surface area contributed by atoms with Crippen LogP contribution in [-0.2, 0) is 6.54 Å². The Morgan fingerprint density at radius 1 is 1.35 bits per heavy atom. The Morgan fingerprint density at radius 3 is 2.92 bits per heavy atom. The van der Waals surface area contributed by atoms with E-state index in [9.17, 15) is 4.79 Å². The lowest BCUT2D eigenvalue weighted by atomic mass is 10.2. The van der Waals surface area contributed by atoms with Gasteiger partial charge in [0.15, 0.2) is 4.80 Å². The fourth-order valence-corrected chi connectivity index (χ4v) is 4.13. The summed E-state index contributed by atoms with van der Waals surface area (Å²) in [5.74, 6) is 0.577. The van der Waals surface area contributed by atoms with E-state index >= 15 is 0 Å². The van der Waals surface area contributed by atoms with Crippen LogP contribution >= 0.6 is 23.1 Å². The van der Waals surface area contributed by atoms with Crippen LogP contribution in [0.25, 0.3) is 10.2 Å². The maximum atomic E-state index is 12.7. The van der Waals surface area contributed by atoms with Crippen molar-refractivity contribution in [2.24, 2.45) is 4.99 Å². The fourth-order valence-electron chi connectivity index (χ4n) is 2.61. The van der Waals surface area contributed by atoms with Crippen LogP contribution in [-0.4, -0.2) is 23.3 Å². The molecule has 0 atom stereocenters. The van der Waals surface area contributed by atoms with E-state index in [1.807, 2.05) is 54.1 Å². The van der Waals surface area contributed by atoms with Crippen LogP contribution in [0.3, 0.4) is 0 Å². The van der Waals surface area contributed by atoms with E-state index in [1.54, 1.807) is 23.9 Å². The maximum Gasteiger partial charge on any atom is 0.279 e. The molecule has 1 heterocycles. The first kappa shape index (κ1) is 18.5. The average molecular weight is 385 g/mol. The SMILES string of the molecule is C=CCn1c(=NC(=O)c2cccc(SC)c2)sc2cc(OCC)ccc21. The zero-order valence-corrected chi connectivity index (χ0v) is 16.4. The number of hydrogen-bond acceptors (Lipinski definition) is 4. The topological polar surface area (TPSA) is 43.6 Å². The molecule has 0 bridgehead atoms. The van der Waals surface area contributed by atoms with Crippen molar-refractivity contribution in [3.63, 3.8) is 0 Å². The van der Waals surface area contributed by atoms with E-state index in [4.69, 9.17) is 4.74 Å². The molecule has 26 heavy (non-hydrogen) atoms. The zero-order chi connectivity index (χ0) is 18.5. The van der Waals surface area contributed by atoms with E-state index in [0.29, 0.717) is 23.5 Å². The van der Waals surface area contributed by atoms with Crippen LogP contribution in [0.2, 0.25) is 0 Å². The minimum absolute atomic E-state index is 0.240. The number of thioether (sulfide) groups is 1. The van der Waals surface area contributed by atoms with Gasteiger partial charge in [-0.1, -0.05) is 23.5 Å². The smallest absolute Gasteiger partial charge is 0.279 e. The Kier molecular flexibility index (Phi) is 5.96. The van der Waals surface area contributed by atoms with E-state index in [0.717, 1.165) is 20.9 Å². The standard InChI is InChI=1S/C20H20N2O2S2/c1-4-11-22-17-10-9-15(24-5-2)13-18(17)26-20(22)21-19(23)14-7-6-8-16(12-14)25-3/h4,6-10,12-13H,1,5,11H2,2-3H3. The number of aromatic nitrogens is 1. The second-order valence-corrected chi connectivity index (χ2v) is 7.38. The molecule has 6 heteroatoms. The third kappa shape index (κ3) is 3.92. The molecular formula is C20H20N2O2S2. The summed E-state index contributed by atoms with van der Waals surface area (Å²) in [7, 11) is 0. The second-order valence-electron chi connectivity index (χ2n) is 5.50. The third-order valence-corrected chi connectivity index (χ3v) is 5.56. The molecule has 2 aromatic carbocycles. The highest BCUT2D eigenvalue weighted by Gasteiger charge is 2.10. The maximum absolute atomic E-state index is 12.7. The summed E-state index contributed by atoms with van der Waals surface area (Å²) in [6.07, 6.45) is 3.79. The highest BCUT2D eigenvalue weighted by molar-refractivity contribution is 7.98. The highest BCUT2D eigenvalue weighted by Crippen LogP contribution is 2.24. The highest BCUT2D eigenvalue weighted by atomic mass is 32.2. The first-order valence-electron chi connectivity index (χ1n) is 8.26. The average Bonchev–Trinajstić information content (AvgIpc) is 2.99. The summed E-state index contributed by atoms with van der Waals surface area (Å²) in [4.78, 5) is 18.7. The van der Waals surface area contributed by atoms with Gasteiger partial charge in [0, 0.05) is 17.0 Å². The molecule has 0 saturated carbocycles. The van der Waals surface area contributed by atoms with E-state index < -0.39 is 0 Å². The predicted molar refractivity (Wildman–Crippen MR) is 109 cm³/mol. The quantitative estimate of drug-likeness (QED) is 0.455. The van der Waals surface area contributed by atoms with Gasteiger partial charge < -0.3 is 9.30 Å². The number of carbonyl (C=O) groups excluding carboxylic acids is 1. The number of rotatable bonds is 6. The van der Waals surface area contributed by atoms with Crippen LogP contribution in [0.4, 0.5) is 0 Å².